The quantitative estimate of drug-likeness (QED) is 0.383. The third kappa shape index (κ3) is 3.32. The minimum absolute atomic E-state index is 0.00905. The number of hydrogen-bond donors (Lipinski definition) is 1. The van der Waals surface area contributed by atoms with E-state index in [2.05, 4.69) is 31.0 Å². The van der Waals surface area contributed by atoms with Crippen molar-refractivity contribution in [3.05, 3.63) is 69.8 Å². The zero-order valence-electron chi connectivity index (χ0n) is 21.2. The number of nitrogens with one attached hydrogen (secondary N) is 1. The van der Waals surface area contributed by atoms with Crippen LogP contribution in [0.3, 0.4) is 0 Å². The number of carbonyl (C=O) groups is 3. The molecule has 9 heteroatoms. The number of amides is 4. The average Bonchev–Trinajstić information content (AvgIpc) is 3.06. The summed E-state index contributed by atoms with van der Waals surface area (Å²) in [6.07, 6.45) is 2.53. The summed E-state index contributed by atoms with van der Waals surface area (Å²) in [5, 5.41) is 14.1. The molecule has 2 aromatic rings. The second kappa shape index (κ2) is 7.63. The summed E-state index contributed by atoms with van der Waals surface area (Å²) in [7, 11) is 0. The summed E-state index contributed by atoms with van der Waals surface area (Å²) in [4.78, 5) is 55.9. The van der Waals surface area contributed by atoms with E-state index in [-0.39, 0.29) is 35.5 Å². The Bertz CT molecular complexity index is 1360. The van der Waals surface area contributed by atoms with Crippen LogP contribution < -0.4 is 10.2 Å². The Kier molecular flexibility index (Phi) is 4.87. The summed E-state index contributed by atoms with van der Waals surface area (Å²) >= 11 is 0. The molecule has 3 fully saturated rings. The van der Waals surface area contributed by atoms with Crippen molar-refractivity contribution >= 4 is 29.2 Å². The molecule has 1 saturated carbocycles. The van der Waals surface area contributed by atoms with Gasteiger partial charge in [0.15, 0.2) is 5.41 Å². The van der Waals surface area contributed by atoms with Crippen LogP contribution in [0.5, 0.6) is 0 Å². The average molecular weight is 503 g/mol. The monoisotopic (exact) mass is 502 g/mol. The molecular formula is C28H30N4O5. The fourth-order valence-electron chi connectivity index (χ4n) is 8.09. The highest BCUT2D eigenvalue weighted by Gasteiger charge is 2.71. The van der Waals surface area contributed by atoms with Gasteiger partial charge in [-0.15, -0.1) is 0 Å². The van der Waals surface area contributed by atoms with E-state index in [4.69, 9.17) is 0 Å². The molecule has 1 N–H and O–H groups in total. The Morgan fingerprint density at radius 2 is 1.78 bits per heavy atom. The van der Waals surface area contributed by atoms with Gasteiger partial charge in [-0.25, -0.2) is 4.79 Å². The Morgan fingerprint density at radius 3 is 2.49 bits per heavy atom. The summed E-state index contributed by atoms with van der Waals surface area (Å²) in [5.41, 5.74) is 0.188. The van der Waals surface area contributed by atoms with E-state index in [1.165, 1.54) is 12.1 Å². The molecule has 3 heterocycles. The number of hydrogen-bond acceptors (Lipinski definition) is 6. The van der Waals surface area contributed by atoms with E-state index >= 15 is 0 Å². The lowest BCUT2D eigenvalue weighted by Gasteiger charge is -2.53. The number of non-ortho nitro benzene ring substituents is 1. The number of nitro groups is 1. The van der Waals surface area contributed by atoms with Crippen LogP contribution in [0.2, 0.25) is 0 Å². The molecule has 0 aromatic heterocycles. The SMILES string of the molecule is CC1(C)C[C@H]2C[C@@](C)(C1)[C@@H]1N2c2ccc([N+](=O)[O-])cc2C[C@]12C(=O)NC(=O)N(Cc1ccccc1)C2=O. The van der Waals surface area contributed by atoms with Crippen molar-refractivity contribution in [3.63, 3.8) is 0 Å². The Hall–Kier alpha value is -3.75. The number of urea groups is 1. The van der Waals surface area contributed by atoms with Crippen molar-refractivity contribution in [3.8, 4) is 0 Å². The molecule has 1 spiro atoms. The standard InChI is InChI=1S/C28H30N4O5/c1-26(2)13-20-14-27(3,16-26)22-28(12-18-11-19(32(36)37)9-10-21(18)31(20)22)23(33)29-25(35)30(24(28)34)15-17-7-5-4-6-8-17/h4-11,20,22H,12-16H2,1-3H3,(H,29,33,35)/t20-,22-,27-,28+/m0/s1. The molecule has 2 bridgehead atoms. The minimum atomic E-state index is -1.57. The molecule has 4 atom stereocenters. The van der Waals surface area contributed by atoms with Crippen LogP contribution in [0.15, 0.2) is 48.5 Å². The maximum absolute atomic E-state index is 14.5. The smallest absolute Gasteiger partial charge is 0.331 e. The van der Waals surface area contributed by atoms with E-state index in [9.17, 15) is 24.5 Å². The largest absolute Gasteiger partial charge is 0.363 e. The summed E-state index contributed by atoms with van der Waals surface area (Å²) < 4.78 is 0. The van der Waals surface area contributed by atoms with Crippen LogP contribution in [0.25, 0.3) is 0 Å². The maximum atomic E-state index is 14.5. The van der Waals surface area contributed by atoms with Gasteiger partial charge in [0.1, 0.15) is 0 Å². The van der Waals surface area contributed by atoms with Gasteiger partial charge in [0, 0.05) is 30.3 Å². The number of benzene rings is 2. The molecule has 2 aromatic carbocycles. The predicted molar refractivity (Wildman–Crippen MR) is 136 cm³/mol. The highest BCUT2D eigenvalue weighted by molar-refractivity contribution is 6.20. The number of rotatable bonds is 3. The van der Waals surface area contributed by atoms with Gasteiger partial charge in [0.05, 0.1) is 17.5 Å². The molecule has 37 heavy (non-hydrogen) atoms. The second-order valence-electron chi connectivity index (χ2n) is 12.2. The summed E-state index contributed by atoms with van der Waals surface area (Å²) in [5.74, 6) is -1.13. The molecular weight excluding hydrogens is 472 g/mol. The van der Waals surface area contributed by atoms with E-state index in [1.807, 2.05) is 30.3 Å². The number of imide groups is 2. The van der Waals surface area contributed by atoms with Gasteiger partial charge in [0.25, 0.3) is 5.69 Å². The fourth-order valence-corrected chi connectivity index (χ4v) is 8.09. The molecule has 6 rings (SSSR count). The lowest BCUT2D eigenvalue weighted by atomic mass is 9.56. The van der Waals surface area contributed by atoms with E-state index in [1.54, 1.807) is 6.07 Å². The number of fused-ring (bicyclic) bond motifs is 8. The normalized spacial score (nSPS) is 31.7. The number of nitro benzene ring substituents is 1. The van der Waals surface area contributed by atoms with Crippen molar-refractivity contribution in [2.24, 2.45) is 16.2 Å². The van der Waals surface area contributed by atoms with Crippen molar-refractivity contribution in [2.45, 2.75) is 65.1 Å². The third-order valence-corrected chi connectivity index (χ3v) is 8.87. The van der Waals surface area contributed by atoms with E-state index in [0.717, 1.165) is 35.4 Å². The first-order valence-corrected chi connectivity index (χ1v) is 12.7. The zero-order chi connectivity index (χ0) is 26.3. The molecule has 4 aliphatic rings. The highest BCUT2D eigenvalue weighted by Crippen LogP contribution is 2.64. The Morgan fingerprint density at radius 1 is 1.05 bits per heavy atom. The van der Waals surface area contributed by atoms with Gasteiger partial charge in [-0.1, -0.05) is 51.1 Å². The lowest BCUT2D eigenvalue weighted by molar-refractivity contribution is -0.384. The molecule has 9 nitrogen and oxygen atoms in total. The molecule has 1 aliphatic carbocycles. The van der Waals surface area contributed by atoms with Crippen molar-refractivity contribution in [1.82, 2.24) is 10.2 Å². The van der Waals surface area contributed by atoms with Gasteiger partial charge >= 0.3 is 6.03 Å². The lowest BCUT2D eigenvalue weighted by Crippen LogP contribution is -2.73. The molecule has 4 amide bonds. The van der Waals surface area contributed by atoms with Crippen molar-refractivity contribution in [1.29, 1.82) is 0 Å². The van der Waals surface area contributed by atoms with Crippen LogP contribution in [0.1, 0.15) is 51.2 Å². The van der Waals surface area contributed by atoms with Crippen molar-refractivity contribution < 1.29 is 19.3 Å². The molecule has 0 radical (unpaired) electrons. The van der Waals surface area contributed by atoms with Crippen LogP contribution in [0.4, 0.5) is 16.2 Å². The number of nitrogens with zero attached hydrogens (tertiary/aromatic N) is 3. The summed E-state index contributed by atoms with van der Waals surface area (Å²) in [6.45, 7) is 6.63. The van der Waals surface area contributed by atoms with E-state index in [0.29, 0.717) is 5.56 Å². The topological polar surface area (TPSA) is 113 Å². The van der Waals surface area contributed by atoms with Crippen LogP contribution in [-0.2, 0) is 22.6 Å². The highest BCUT2D eigenvalue weighted by atomic mass is 16.6. The van der Waals surface area contributed by atoms with Crippen LogP contribution in [-0.4, -0.2) is 39.8 Å². The fraction of sp³-hybridized carbons (Fsp3) is 0.464. The number of anilines is 1. The predicted octanol–water partition coefficient (Wildman–Crippen LogP) is 4.19. The minimum Gasteiger partial charge on any atom is -0.363 e. The Labute approximate surface area is 215 Å². The first-order valence-electron chi connectivity index (χ1n) is 12.7. The second-order valence-corrected chi connectivity index (χ2v) is 12.2. The maximum Gasteiger partial charge on any atom is 0.331 e. The third-order valence-electron chi connectivity index (χ3n) is 8.87. The number of carbonyl (C=O) groups excluding carboxylic acids is 3. The van der Waals surface area contributed by atoms with Crippen molar-refractivity contribution in [2.75, 3.05) is 4.90 Å². The molecule has 3 aliphatic heterocycles. The van der Waals surface area contributed by atoms with Gasteiger partial charge in [-0.2, -0.15) is 0 Å². The van der Waals surface area contributed by atoms with Gasteiger partial charge in [-0.05, 0) is 47.3 Å². The Balaban J connectivity index is 1.54. The van der Waals surface area contributed by atoms with Gasteiger partial charge in [-0.3, -0.25) is 29.9 Å². The number of barbiturate groups is 1. The molecule has 0 unspecified atom stereocenters. The zero-order valence-corrected chi connectivity index (χ0v) is 21.2. The van der Waals surface area contributed by atoms with Crippen LogP contribution in [0, 0.1) is 26.4 Å². The molecule has 192 valence electrons. The van der Waals surface area contributed by atoms with Gasteiger partial charge in [0.2, 0.25) is 11.8 Å². The van der Waals surface area contributed by atoms with Gasteiger partial charge < -0.3 is 4.90 Å². The summed E-state index contributed by atoms with van der Waals surface area (Å²) in [6, 6.07) is 12.8. The first kappa shape index (κ1) is 23.6. The van der Waals surface area contributed by atoms with Crippen LogP contribution >= 0.6 is 0 Å². The van der Waals surface area contributed by atoms with E-state index < -0.39 is 34.2 Å². The first-order chi connectivity index (χ1) is 17.4. The molecule has 2 saturated heterocycles.